The van der Waals surface area contributed by atoms with Crippen molar-refractivity contribution in [2.45, 2.75) is 18.7 Å². The minimum Gasteiger partial charge on any atom is -0.396 e. The molecule has 1 aliphatic heterocycles. The molecule has 6 nitrogen and oxygen atoms in total. The van der Waals surface area contributed by atoms with Crippen LogP contribution in [0.15, 0.2) is 4.90 Å². The van der Waals surface area contributed by atoms with Crippen LogP contribution in [0.25, 0.3) is 0 Å². The summed E-state index contributed by atoms with van der Waals surface area (Å²) in [5.74, 6) is -0.217. The van der Waals surface area contributed by atoms with Gasteiger partial charge in [-0.15, -0.1) is 11.3 Å². The number of sulfone groups is 1. The molecule has 0 aromatic carbocycles. The molecular weight excluding hydrogens is 298 g/mol. The fourth-order valence-corrected chi connectivity index (χ4v) is 4.95. The van der Waals surface area contributed by atoms with Crippen molar-refractivity contribution in [3.8, 4) is 0 Å². The number of hydrogen-bond donors (Lipinski definition) is 2. The lowest BCUT2D eigenvalue weighted by Gasteiger charge is -2.28. The summed E-state index contributed by atoms with van der Waals surface area (Å²) in [4.78, 5) is 14.1. The fraction of sp³-hybridized carbons (Fsp3) is 0.583. The molecule has 0 atom stereocenters. The van der Waals surface area contributed by atoms with E-state index in [0.717, 1.165) is 13.1 Å². The Hall–Kier alpha value is -1.12. The summed E-state index contributed by atoms with van der Waals surface area (Å²) in [6, 6.07) is 0. The highest BCUT2D eigenvalue weighted by Gasteiger charge is 2.30. The van der Waals surface area contributed by atoms with Crippen LogP contribution in [-0.2, 0) is 9.84 Å². The Morgan fingerprint density at radius 3 is 2.50 bits per heavy atom. The smallest absolute Gasteiger partial charge is 0.183 e. The van der Waals surface area contributed by atoms with Crippen LogP contribution < -0.4 is 16.0 Å². The maximum atomic E-state index is 12.3. The number of anilines is 2. The molecule has 0 saturated carbocycles. The van der Waals surface area contributed by atoms with E-state index in [4.69, 9.17) is 5.73 Å². The predicted octanol–water partition coefficient (Wildman–Crippen LogP) is 0.736. The quantitative estimate of drug-likeness (QED) is 0.796. The van der Waals surface area contributed by atoms with Gasteiger partial charge < -0.3 is 16.0 Å². The topological polar surface area (TPSA) is 92.5 Å². The van der Waals surface area contributed by atoms with Gasteiger partial charge in [-0.3, -0.25) is 4.79 Å². The van der Waals surface area contributed by atoms with Crippen LogP contribution in [0, 0.1) is 0 Å². The Kier molecular flexibility index (Phi) is 4.36. The number of nitrogens with two attached hydrogens (primary N) is 1. The van der Waals surface area contributed by atoms with E-state index in [9.17, 15) is 13.2 Å². The molecule has 1 fully saturated rings. The number of rotatable bonds is 4. The van der Waals surface area contributed by atoms with Gasteiger partial charge >= 0.3 is 0 Å². The average molecular weight is 317 g/mol. The van der Waals surface area contributed by atoms with Crippen molar-refractivity contribution in [3.63, 3.8) is 0 Å². The Morgan fingerprint density at radius 2 is 2.00 bits per heavy atom. The maximum Gasteiger partial charge on any atom is 0.183 e. The number of nitrogens with one attached hydrogen (secondary N) is 1. The van der Waals surface area contributed by atoms with Crippen molar-refractivity contribution in [1.82, 2.24) is 5.32 Å². The number of nitrogen functional groups attached to an aromatic ring is 1. The summed E-state index contributed by atoms with van der Waals surface area (Å²) in [6.07, 6.45) is 0. The first-order valence-corrected chi connectivity index (χ1v) is 8.97. The highest BCUT2D eigenvalue weighted by atomic mass is 32.2. The molecule has 1 aromatic heterocycles. The lowest BCUT2D eigenvalue weighted by atomic mass is 10.3. The second-order valence-electron chi connectivity index (χ2n) is 4.68. The Bertz CT molecular complexity index is 616. The van der Waals surface area contributed by atoms with Crippen LogP contribution in [0.2, 0.25) is 0 Å². The van der Waals surface area contributed by atoms with Gasteiger partial charge in [0.25, 0.3) is 0 Å². The zero-order valence-electron chi connectivity index (χ0n) is 11.6. The van der Waals surface area contributed by atoms with Crippen LogP contribution in [0.4, 0.5) is 10.7 Å². The molecule has 1 aliphatic rings. The number of carbonyl (C=O) groups is 1. The number of hydrogen-bond acceptors (Lipinski definition) is 7. The first-order chi connectivity index (χ1) is 9.38. The van der Waals surface area contributed by atoms with E-state index in [1.54, 1.807) is 6.92 Å². The fourth-order valence-electron chi connectivity index (χ4n) is 2.20. The van der Waals surface area contributed by atoms with Gasteiger partial charge in [0.1, 0.15) is 9.90 Å². The zero-order valence-corrected chi connectivity index (χ0v) is 13.2. The van der Waals surface area contributed by atoms with Crippen molar-refractivity contribution in [1.29, 1.82) is 0 Å². The summed E-state index contributed by atoms with van der Waals surface area (Å²) in [5, 5.41) is 3.82. The van der Waals surface area contributed by atoms with Gasteiger partial charge in [-0.25, -0.2) is 8.42 Å². The van der Waals surface area contributed by atoms with Gasteiger partial charge in [-0.05, 0) is 0 Å². The van der Waals surface area contributed by atoms with Crippen LogP contribution in [-0.4, -0.2) is 46.1 Å². The van der Waals surface area contributed by atoms with Crippen molar-refractivity contribution in [2.75, 3.05) is 42.6 Å². The number of thiophene rings is 1. The Labute approximate surface area is 122 Å². The van der Waals surface area contributed by atoms with Gasteiger partial charge in [0.2, 0.25) is 0 Å². The van der Waals surface area contributed by atoms with E-state index in [1.165, 1.54) is 18.3 Å². The lowest BCUT2D eigenvalue weighted by molar-refractivity contribution is 0.102. The molecule has 1 aromatic rings. The van der Waals surface area contributed by atoms with E-state index < -0.39 is 9.84 Å². The Balaban J connectivity index is 2.59. The molecule has 0 radical (unpaired) electrons. The molecule has 8 heteroatoms. The second-order valence-corrected chi connectivity index (χ2v) is 7.89. The summed E-state index contributed by atoms with van der Waals surface area (Å²) in [5.41, 5.74) is 6.05. The van der Waals surface area contributed by atoms with E-state index in [1.807, 2.05) is 4.90 Å². The number of Topliss-reactive ketones (excluding diaryl/α,β-unsaturated/α-hetero) is 1. The lowest BCUT2D eigenvalue weighted by Crippen LogP contribution is -2.43. The van der Waals surface area contributed by atoms with Crippen LogP contribution in [0.1, 0.15) is 23.5 Å². The minimum atomic E-state index is -3.45. The van der Waals surface area contributed by atoms with Crippen LogP contribution in [0.5, 0.6) is 0 Å². The van der Waals surface area contributed by atoms with Gasteiger partial charge in [0.05, 0.1) is 16.3 Å². The first kappa shape index (κ1) is 15.3. The SMILES string of the molecule is CCS(=O)(=O)c1c(N2CCNCC2)sc(C(C)=O)c1N. The predicted molar refractivity (Wildman–Crippen MR) is 81.5 cm³/mol. The summed E-state index contributed by atoms with van der Waals surface area (Å²) in [7, 11) is -3.45. The highest BCUT2D eigenvalue weighted by molar-refractivity contribution is 7.92. The van der Waals surface area contributed by atoms with Crippen molar-refractivity contribution in [3.05, 3.63) is 4.88 Å². The average Bonchev–Trinajstić information content (AvgIpc) is 2.78. The van der Waals surface area contributed by atoms with Gasteiger partial charge in [-0.2, -0.15) is 0 Å². The van der Waals surface area contributed by atoms with Crippen molar-refractivity contribution in [2.24, 2.45) is 0 Å². The molecule has 0 spiro atoms. The van der Waals surface area contributed by atoms with Crippen molar-refractivity contribution < 1.29 is 13.2 Å². The number of carbonyl (C=O) groups excluding carboxylic acids is 1. The normalized spacial score (nSPS) is 16.4. The molecular formula is C12H19N3O3S2. The molecule has 0 aliphatic carbocycles. The van der Waals surface area contributed by atoms with Crippen LogP contribution in [0.3, 0.4) is 0 Å². The van der Waals surface area contributed by atoms with Crippen LogP contribution >= 0.6 is 11.3 Å². The standard InChI is InChI=1S/C12H19N3O3S2/c1-3-20(17,18)11-9(13)10(8(2)16)19-12(11)15-6-4-14-5-7-15/h14H,3-7,13H2,1-2H3. The first-order valence-electron chi connectivity index (χ1n) is 6.50. The van der Waals surface area contributed by atoms with Gasteiger partial charge in [-0.1, -0.05) is 6.92 Å². The summed E-state index contributed by atoms with van der Waals surface area (Å²) in [6.45, 7) is 6.00. The zero-order chi connectivity index (χ0) is 14.9. The number of ketones is 1. The molecule has 0 amide bonds. The van der Waals surface area contributed by atoms with E-state index >= 15 is 0 Å². The van der Waals surface area contributed by atoms with Gasteiger partial charge in [0, 0.05) is 33.1 Å². The summed E-state index contributed by atoms with van der Waals surface area (Å²) < 4.78 is 24.6. The monoisotopic (exact) mass is 317 g/mol. The molecule has 2 heterocycles. The molecule has 112 valence electrons. The third kappa shape index (κ3) is 2.68. The van der Waals surface area contributed by atoms with E-state index in [2.05, 4.69) is 5.32 Å². The van der Waals surface area contributed by atoms with E-state index in [0.29, 0.717) is 23.0 Å². The molecule has 0 unspecified atom stereocenters. The highest BCUT2D eigenvalue weighted by Crippen LogP contribution is 2.42. The number of piperazine rings is 1. The third-order valence-corrected chi connectivity index (χ3v) is 6.59. The number of nitrogens with zero attached hydrogens (tertiary/aromatic N) is 1. The minimum absolute atomic E-state index is 0.0234. The summed E-state index contributed by atoms with van der Waals surface area (Å²) >= 11 is 1.19. The second kappa shape index (κ2) is 5.71. The largest absolute Gasteiger partial charge is 0.396 e. The molecule has 3 N–H and O–H groups in total. The van der Waals surface area contributed by atoms with Crippen molar-refractivity contribution >= 4 is 37.6 Å². The third-order valence-electron chi connectivity index (χ3n) is 3.30. The molecule has 2 rings (SSSR count). The molecule has 20 heavy (non-hydrogen) atoms. The molecule has 1 saturated heterocycles. The molecule has 0 bridgehead atoms. The van der Waals surface area contributed by atoms with Gasteiger partial charge in [0.15, 0.2) is 15.6 Å². The maximum absolute atomic E-state index is 12.3. The van der Waals surface area contributed by atoms with E-state index in [-0.39, 0.29) is 22.1 Å². The Morgan fingerprint density at radius 1 is 1.40 bits per heavy atom.